The molecule has 0 saturated carbocycles. The van der Waals surface area contributed by atoms with Gasteiger partial charge >= 0.3 is 0 Å². The van der Waals surface area contributed by atoms with Gasteiger partial charge in [0.2, 0.25) is 0 Å². The molecule has 0 aliphatic carbocycles. The Morgan fingerprint density at radius 1 is 1.50 bits per heavy atom. The number of nitrogens with zero attached hydrogens (tertiary/aromatic N) is 2. The van der Waals surface area contributed by atoms with Crippen LogP contribution in [0.25, 0.3) is 0 Å². The summed E-state index contributed by atoms with van der Waals surface area (Å²) in [5.74, 6) is 0. The Kier molecular flexibility index (Phi) is 4.06. The smallest absolute Gasteiger partial charge is 0.0912 e. The largest absolute Gasteiger partial charge is 0.381 e. The molecule has 0 amide bonds. The molecule has 0 aromatic heterocycles. The average molecular weight is 136 g/mol. The maximum atomic E-state index is 8.14. The first-order chi connectivity index (χ1) is 4.68. The number of nitriles is 1. The molecule has 0 bridgehead atoms. The average Bonchev–Trinajstić information content (AvgIpc) is 1.88. The number of allylic oxidation sites excluding steroid dienone is 4. The summed E-state index contributed by atoms with van der Waals surface area (Å²) < 4.78 is 0. The van der Waals surface area contributed by atoms with Crippen LogP contribution in [0.1, 0.15) is 6.92 Å². The van der Waals surface area contributed by atoms with Crippen molar-refractivity contribution in [1.29, 1.82) is 5.26 Å². The van der Waals surface area contributed by atoms with Crippen LogP contribution in [0.2, 0.25) is 0 Å². The molecule has 0 unspecified atom stereocenters. The molecule has 2 heteroatoms. The van der Waals surface area contributed by atoms with Crippen LogP contribution in [-0.4, -0.2) is 19.0 Å². The summed E-state index contributed by atoms with van der Waals surface area (Å²) in [5.41, 5.74) is 1.13. The predicted molar refractivity (Wildman–Crippen MR) is 42.2 cm³/mol. The van der Waals surface area contributed by atoms with E-state index in [2.05, 4.69) is 0 Å². The van der Waals surface area contributed by atoms with E-state index in [1.54, 1.807) is 6.08 Å². The second-order valence-corrected chi connectivity index (χ2v) is 2.19. The summed E-state index contributed by atoms with van der Waals surface area (Å²) in [5, 5.41) is 8.14. The lowest BCUT2D eigenvalue weighted by atomic mass is 10.4. The lowest BCUT2D eigenvalue weighted by Gasteiger charge is -2.10. The highest BCUT2D eigenvalue weighted by molar-refractivity contribution is 5.14. The van der Waals surface area contributed by atoms with E-state index in [1.165, 1.54) is 6.08 Å². The van der Waals surface area contributed by atoms with Gasteiger partial charge in [0.15, 0.2) is 0 Å². The van der Waals surface area contributed by atoms with E-state index in [0.29, 0.717) is 0 Å². The molecule has 2 nitrogen and oxygen atoms in total. The van der Waals surface area contributed by atoms with Gasteiger partial charge in [-0.15, -0.1) is 0 Å². The lowest BCUT2D eigenvalue weighted by molar-refractivity contribution is 0.514. The number of hydrogen-bond acceptors (Lipinski definition) is 2. The molecule has 0 aliphatic rings. The predicted octanol–water partition coefficient (Wildman–Crippen LogP) is 1.53. The van der Waals surface area contributed by atoms with Gasteiger partial charge in [0, 0.05) is 25.9 Å². The second-order valence-electron chi connectivity index (χ2n) is 2.19. The topological polar surface area (TPSA) is 27.0 Å². The molecule has 0 spiro atoms. The fraction of sp³-hybridized carbons (Fsp3) is 0.375. The molecule has 10 heavy (non-hydrogen) atoms. The summed E-state index contributed by atoms with van der Waals surface area (Å²) in [6.07, 6.45) is 5.07. The minimum atomic E-state index is 1.13. The standard InChI is InChI=1S/C8H12N2/c1-8(10(2)3)6-4-5-7-9/h4-6H,1-3H3/b5-4+,8-6-. The molecule has 0 heterocycles. The third-order valence-electron chi connectivity index (χ3n) is 1.21. The summed E-state index contributed by atoms with van der Waals surface area (Å²) in [6.45, 7) is 1.99. The number of rotatable bonds is 2. The summed E-state index contributed by atoms with van der Waals surface area (Å²) >= 11 is 0. The zero-order chi connectivity index (χ0) is 7.98. The highest BCUT2D eigenvalue weighted by atomic mass is 15.1. The first kappa shape index (κ1) is 8.77. The number of hydrogen-bond donors (Lipinski definition) is 0. The van der Waals surface area contributed by atoms with Crippen LogP contribution in [0.15, 0.2) is 23.9 Å². The summed E-state index contributed by atoms with van der Waals surface area (Å²) in [7, 11) is 3.93. The van der Waals surface area contributed by atoms with E-state index in [0.717, 1.165) is 5.70 Å². The molecule has 0 atom stereocenters. The molecule has 0 saturated heterocycles. The minimum Gasteiger partial charge on any atom is -0.381 e. The van der Waals surface area contributed by atoms with Crippen LogP contribution in [0, 0.1) is 11.3 Å². The zero-order valence-corrected chi connectivity index (χ0v) is 6.63. The maximum Gasteiger partial charge on any atom is 0.0912 e. The van der Waals surface area contributed by atoms with Crippen molar-refractivity contribution in [2.24, 2.45) is 0 Å². The van der Waals surface area contributed by atoms with Gasteiger partial charge in [-0.05, 0) is 13.0 Å². The molecule has 0 fully saturated rings. The third-order valence-corrected chi connectivity index (χ3v) is 1.21. The Labute approximate surface area is 62.1 Å². The van der Waals surface area contributed by atoms with Crippen molar-refractivity contribution < 1.29 is 0 Å². The third kappa shape index (κ3) is 3.73. The molecule has 0 rings (SSSR count). The Morgan fingerprint density at radius 3 is 2.50 bits per heavy atom. The van der Waals surface area contributed by atoms with Gasteiger partial charge in [-0.2, -0.15) is 5.26 Å². The quantitative estimate of drug-likeness (QED) is 0.425. The monoisotopic (exact) mass is 136 g/mol. The van der Waals surface area contributed by atoms with Crippen LogP contribution in [0.3, 0.4) is 0 Å². The van der Waals surface area contributed by atoms with E-state index < -0.39 is 0 Å². The molecular formula is C8H12N2. The van der Waals surface area contributed by atoms with E-state index in [4.69, 9.17) is 5.26 Å². The van der Waals surface area contributed by atoms with Gasteiger partial charge in [-0.3, -0.25) is 0 Å². The van der Waals surface area contributed by atoms with Crippen LogP contribution < -0.4 is 0 Å². The molecule has 0 aromatic rings. The van der Waals surface area contributed by atoms with Crippen LogP contribution in [0.5, 0.6) is 0 Å². The van der Waals surface area contributed by atoms with Crippen molar-refractivity contribution in [3.63, 3.8) is 0 Å². The van der Waals surface area contributed by atoms with Gasteiger partial charge in [-0.25, -0.2) is 0 Å². The Bertz CT molecular complexity index is 182. The molecule has 0 aliphatic heterocycles. The summed E-state index contributed by atoms with van der Waals surface area (Å²) in [6, 6.07) is 1.92. The van der Waals surface area contributed by atoms with Gasteiger partial charge in [0.1, 0.15) is 0 Å². The lowest BCUT2D eigenvalue weighted by Crippen LogP contribution is -2.07. The second kappa shape index (κ2) is 4.63. The van der Waals surface area contributed by atoms with Crippen molar-refractivity contribution in [3.05, 3.63) is 23.9 Å². The van der Waals surface area contributed by atoms with Crippen molar-refractivity contribution in [1.82, 2.24) is 4.90 Å². The minimum absolute atomic E-state index is 1.13. The first-order valence-corrected chi connectivity index (χ1v) is 3.09. The molecule has 0 N–H and O–H groups in total. The van der Waals surface area contributed by atoms with Crippen molar-refractivity contribution in [3.8, 4) is 6.07 Å². The van der Waals surface area contributed by atoms with E-state index in [-0.39, 0.29) is 0 Å². The van der Waals surface area contributed by atoms with Crippen LogP contribution in [-0.2, 0) is 0 Å². The van der Waals surface area contributed by atoms with Gasteiger partial charge in [-0.1, -0.05) is 6.08 Å². The van der Waals surface area contributed by atoms with Crippen LogP contribution >= 0.6 is 0 Å². The van der Waals surface area contributed by atoms with Crippen molar-refractivity contribution in [2.45, 2.75) is 6.92 Å². The first-order valence-electron chi connectivity index (χ1n) is 3.09. The van der Waals surface area contributed by atoms with Gasteiger partial charge in [0.25, 0.3) is 0 Å². The fourth-order valence-corrected chi connectivity index (χ4v) is 0.379. The van der Waals surface area contributed by atoms with Crippen molar-refractivity contribution >= 4 is 0 Å². The summed E-state index contributed by atoms with van der Waals surface area (Å²) in [4.78, 5) is 1.99. The SMILES string of the molecule is C/C(=C/C=C/C#N)N(C)C. The Balaban J connectivity index is 3.95. The normalized spacial score (nSPS) is 11.6. The highest BCUT2D eigenvalue weighted by Gasteiger charge is 1.85. The molecule has 0 radical (unpaired) electrons. The highest BCUT2D eigenvalue weighted by Crippen LogP contribution is 1.94. The Hall–Kier alpha value is -1.23. The van der Waals surface area contributed by atoms with E-state index >= 15 is 0 Å². The fourth-order valence-electron chi connectivity index (χ4n) is 0.379. The van der Waals surface area contributed by atoms with E-state index in [1.807, 2.05) is 38.1 Å². The molecule has 54 valence electrons. The van der Waals surface area contributed by atoms with Gasteiger partial charge in [0.05, 0.1) is 6.07 Å². The van der Waals surface area contributed by atoms with Crippen molar-refractivity contribution in [2.75, 3.05) is 14.1 Å². The molecule has 0 aromatic carbocycles. The zero-order valence-electron chi connectivity index (χ0n) is 6.63. The maximum absolute atomic E-state index is 8.14. The van der Waals surface area contributed by atoms with E-state index in [9.17, 15) is 0 Å². The molecular weight excluding hydrogens is 124 g/mol. The van der Waals surface area contributed by atoms with Gasteiger partial charge < -0.3 is 4.90 Å². The van der Waals surface area contributed by atoms with Crippen LogP contribution in [0.4, 0.5) is 0 Å². The Morgan fingerprint density at radius 2 is 2.10 bits per heavy atom.